The molecule has 6 nitrogen and oxygen atoms in total. The van der Waals surface area contributed by atoms with Crippen LogP contribution in [0.2, 0.25) is 0 Å². The molecular weight excluding hydrogens is 362 g/mol. The number of nitrogens with one attached hydrogen (secondary N) is 2. The molecule has 3 aliphatic rings. The van der Waals surface area contributed by atoms with Crippen molar-refractivity contribution in [3.63, 3.8) is 0 Å². The van der Waals surface area contributed by atoms with Gasteiger partial charge in [-0.1, -0.05) is 30.3 Å². The number of piperazine rings is 1. The van der Waals surface area contributed by atoms with Crippen LogP contribution in [0, 0.1) is 5.92 Å². The Hall–Kier alpha value is -2.41. The molecule has 3 unspecified atom stereocenters. The number of rotatable bonds is 3. The Morgan fingerprint density at radius 2 is 1.59 bits per heavy atom. The van der Waals surface area contributed by atoms with Crippen molar-refractivity contribution in [3.05, 3.63) is 60.2 Å². The summed E-state index contributed by atoms with van der Waals surface area (Å²) in [6.45, 7) is 5.13. The molecule has 3 heterocycles. The van der Waals surface area contributed by atoms with E-state index in [1.165, 1.54) is 11.3 Å². The van der Waals surface area contributed by atoms with E-state index in [-0.39, 0.29) is 18.0 Å². The second-order valence-electron chi connectivity index (χ2n) is 8.46. The SMILES string of the molecule is CN1CCN(c2ccc(C3NNC4CC(=O)N(c5ccccc5)CC43)cc2)CC1. The van der Waals surface area contributed by atoms with Gasteiger partial charge in [0.25, 0.3) is 0 Å². The molecule has 0 aromatic heterocycles. The summed E-state index contributed by atoms with van der Waals surface area (Å²) in [6.07, 6.45) is 0.530. The molecule has 152 valence electrons. The maximum Gasteiger partial charge on any atom is 0.228 e. The lowest BCUT2D eigenvalue weighted by atomic mass is 9.84. The van der Waals surface area contributed by atoms with Crippen molar-refractivity contribution >= 4 is 17.3 Å². The number of para-hydroxylation sites is 1. The third-order valence-corrected chi connectivity index (χ3v) is 6.65. The van der Waals surface area contributed by atoms with Crippen molar-refractivity contribution in [2.24, 2.45) is 5.92 Å². The van der Waals surface area contributed by atoms with Gasteiger partial charge in [-0.15, -0.1) is 0 Å². The number of hydrogen-bond acceptors (Lipinski definition) is 5. The van der Waals surface area contributed by atoms with Crippen molar-refractivity contribution in [1.29, 1.82) is 0 Å². The molecule has 0 spiro atoms. The fourth-order valence-corrected chi connectivity index (χ4v) is 4.83. The smallest absolute Gasteiger partial charge is 0.228 e. The highest BCUT2D eigenvalue weighted by atomic mass is 16.2. The maximum atomic E-state index is 12.7. The summed E-state index contributed by atoms with van der Waals surface area (Å²) in [5.74, 6) is 0.542. The van der Waals surface area contributed by atoms with Gasteiger partial charge in [0.1, 0.15) is 0 Å². The van der Waals surface area contributed by atoms with E-state index in [2.05, 4.69) is 52.0 Å². The van der Waals surface area contributed by atoms with Gasteiger partial charge >= 0.3 is 0 Å². The Morgan fingerprint density at radius 3 is 2.31 bits per heavy atom. The van der Waals surface area contributed by atoms with Crippen LogP contribution in [-0.4, -0.2) is 56.6 Å². The topological polar surface area (TPSA) is 50.9 Å². The number of fused-ring (bicyclic) bond motifs is 1. The third-order valence-electron chi connectivity index (χ3n) is 6.65. The lowest BCUT2D eigenvalue weighted by Crippen LogP contribution is -2.49. The zero-order valence-corrected chi connectivity index (χ0v) is 16.9. The van der Waals surface area contributed by atoms with Crippen LogP contribution >= 0.6 is 0 Å². The van der Waals surface area contributed by atoms with Crippen LogP contribution in [0.5, 0.6) is 0 Å². The number of benzene rings is 2. The lowest BCUT2D eigenvalue weighted by Gasteiger charge is -2.36. The van der Waals surface area contributed by atoms with E-state index in [9.17, 15) is 4.79 Å². The largest absolute Gasteiger partial charge is 0.369 e. The van der Waals surface area contributed by atoms with E-state index in [0.29, 0.717) is 12.3 Å². The second kappa shape index (κ2) is 7.78. The number of nitrogens with zero attached hydrogens (tertiary/aromatic N) is 3. The second-order valence-corrected chi connectivity index (χ2v) is 8.46. The first-order chi connectivity index (χ1) is 14.2. The van der Waals surface area contributed by atoms with Gasteiger partial charge < -0.3 is 14.7 Å². The molecule has 2 N–H and O–H groups in total. The summed E-state index contributed by atoms with van der Waals surface area (Å²) >= 11 is 0. The molecule has 3 fully saturated rings. The van der Waals surface area contributed by atoms with Gasteiger partial charge in [-0.2, -0.15) is 0 Å². The van der Waals surface area contributed by atoms with Crippen molar-refractivity contribution in [2.45, 2.75) is 18.5 Å². The standard InChI is InChI=1S/C23H29N5O/c1-26-11-13-27(14-12-26)18-9-7-17(8-10-18)23-20-16-28(19-5-3-2-4-6-19)22(29)15-21(20)24-25-23/h2-10,20-21,23-25H,11-16H2,1H3. The number of piperidine rings is 1. The zero-order valence-electron chi connectivity index (χ0n) is 16.9. The fraction of sp³-hybridized carbons (Fsp3) is 0.435. The van der Waals surface area contributed by atoms with Gasteiger partial charge in [-0.05, 0) is 36.9 Å². The molecule has 5 rings (SSSR count). The Bertz CT molecular complexity index is 847. The zero-order chi connectivity index (χ0) is 19.8. The summed E-state index contributed by atoms with van der Waals surface area (Å²) in [4.78, 5) is 19.5. The highest BCUT2D eigenvalue weighted by molar-refractivity contribution is 5.94. The molecule has 3 saturated heterocycles. The van der Waals surface area contributed by atoms with Crippen LogP contribution < -0.4 is 20.7 Å². The summed E-state index contributed by atoms with van der Waals surface area (Å²) in [6, 6.07) is 19.4. The molecule has 3 atom stereocenters. The van der Waals surface area contributed by atoms with E-state index < -0.39 is 0 Å². The quantitative estimate of drug-likeness (QED) is 0.838. The number of likely N-dealkylation sites (N-methyl/N-ethyl adjacent to an activating group) is 1. The summed E-state index contributed by atoms with van der Waals surface area (Å²) in [7, 11) is 2.18. The highest BCUT2D eigenvalue weighted by Crippen LogP contribution is 2.36. The van der Waals surface area contributed by atoms with Gasteiger partial charge in [0.05, 0.1) is 6.04 Å². The van der Waals surface area contributed by atoms with Gasteiger partial charge in [0.2, 0.25) is 5.91 Å². The van der Waals surface area contributed by atoms with Crippen LogP contribution in [0.25, 0.3) is 0 Å². The lowest BCUT2D eigenvalue weighted by molar-refractivity contribution is -0.120. The van der Waals surface area contributed by atoms with Crippen molar-refractivity contribution in [2.75, 3.05) is 49.6 Å². The summed E-state index contributed by atoms with van der Waals surface area (Å²) in [5.41, 5.74) is 10.4. The number of anilines is 2. The van der Waals surface area contributed by atoms with Crippen molar-refractivity contribution in [1.82, 2.24) is 15.8 Å². The number of hydrogen-bond donors (Lipinski definition) is 2. The Balaban J connectivity index is 1.32. The van der Waals surface area contributed by atoms with Gasteiger partial charge in [-0.25, -0.2) is 5.43 Å². The Labute approximate surface area is 172 Å². The number of amides is 1. The van der Waals surface area contributed by atoms with E-state index >= 15 is 0 Å². The van der Waals surface area contributed by atoms with Gasteiger partial charge in [0, 0.05) is 62.5 Å². The number of hydrazine groups is 1. The Kier molecular flexibility index (Phi) is 4.99. The third kappa shape index (κ3) is 3.64. The van der Waals surface area contributed by atoms with Crippen LogP contribution in [0.3, 0.4) is 0 Å². The minimum absolute atomic E-state index is 0.185. The van der Waals surface area contributed by atoms with Crippen LogP contribution in [0.15, 0.2) is 54.6 Å². The minimum atomic E-state index is 0.185. The molecule has 3 aliphatic heterocycles. The average molecular weight is 392 g/mol. The molecule has 2 aromatic carbocycles. The molecule has 0 bridgehead atoms. The number of carbonyl (C=O) groups is 1. The van der Waals surface area contributed by atoms with Crippen LogP contribution in [0.1, 0.15) is 18.0 Å². The monoisotopic (exact) mass is 391 g/mol. The Morgan fingerprint density at radius 1 is 0.862 bits per heavy atom. The maximum absolute atomic E-state index is 12.7. The predicted octanol–water partition coefficient (Wildman–Crippen LogP) is 2.01. The van der Waals surface area contributed by atoms with E-state index in [4.69, 9.17) is 0 Å². The molecule has 0 saturated carbocycles. The average Bonchev–Trinajstić information content (AvgIpc) is 3.17. The molecule has 1 amide bonds. The highest BCUT2D eigenvalue weighted by Gasteiger charge is 2.43. The summed E-state index contributed by atoms with van der Waals surface area (Å²) in [5, 5.41) is 0. The van der Waals surface area contributed by atoms with E-state index in [1.807, 2.05) is 35.2 Å². The first-order valence-electron chi connectivity index (χ1n) is 10.6. The first-order valence-corrected chi connectivity index (χ1v) is 10.6. The van der Waals surface area contributed by atoms with Crippen molar-refractivity contribution in [3.8, 4) is 0 Å². The normalized spacial score (nSPS) is 27.9. The molecule has 29 heavy (non-hydrogen) atoms. The predicted molar refractivity (Wildman–Crippen MR) is 116 cm³/mol. The molecule has 0 radical (unpaired) electrons. The van der Waals surface area contributed by atoms with Crippen LogP contribution in [-0.2, 0) is 4.79 Å². The minimum Gasteiger partial charge on any atom is -0.369 e. The van der Waals surface area contributed by atoms with Crippen molar-refractivity contribution < 1.29 is 4.79 Å². The summed E-state index contributed by atoms with van der Waals surface area (Å²) < 4.78 is 0. The van der Waals surface area contributed by atoms with Gasteiger partial charge in [-0.3, -0.25) is 10.2 Å². The molecule has 2 aromatic rings. The van der Waals surface area contributed by atoms with E-state index in [1.54, 1.807) is 0 Å². The van der Waals surface area contributed by atoms with E-state index in [0.717, 1.165) is 38.4 Å². The molecular formula is C23H29N5O. The first kappa shape index (κ1) is 18.6. The molecule has 6 heteroatoms. The number of carbonyl (C=O) groups excluding carboxylic acids is 1. The van der Waals surface area contributed by atoms with Crippen LogP contribution in [0.4, 0.5) is 11.4 Å². The van der Waals surface area contributed by atoms with Gasteiger partial charge in [0.15, 0.2) is 0 Å². The molecule has 0 aliphatic carbocycles. The fourth-order valence-electron chi connectivity index (χ4n) is 4.83.